The first-order valence-corrected chi connectivity index (χ1v) is 13.5. The third-order valence-corrected chi connectivity index (χ3v) is 7.21. The molecule has 0 aliphatic heterocycles. The molecule has 0 saturated heterocycles. The molecule has 0 spiro atoms. The van der Waals surface area contributed by atoms with E-state index in [1.165, 1.54) is 4.90 Å². The van der Waals surface area contributed by atoms with E-state index in [0.29, 0.717) is 33.3 Å². The Labute approximate surface area is 212 Å². The second-order valence-corrected chi connectivity index (χ2v) is 11.1. The number of nitrogens with one attached hydrogen (secondary N) is 1. The molecule has 2 aromatic carbocycles. The Kier molecular flexibility index (Phi) is 9.79. The van der Waals surface area contributed by atoms with E-state index < -0.39 is 28.5 Å². The number of rotatable bonds is 10. The van der Waals surface area contributed by atoms with Gasteiger partial charge in [0.2, 0.25) is 21.8 Å². The van der Waals surface area contributed by atoms with Crippen LogP contribution in [0.15, 0.2) is 42.5 Å². The highest BCUT2D eigenvalue weighted by Crippen LogP contribution is 2.29. The van der Waals surface area contributed by atoms with Gasteiger partial charge in [-0.15, -0.1) is 0 Å². The predicted octanol–water partition coefficient (Wildman–Crippen LogP) is 4.40. The van der Waals surface area contributed by atoms with Crippen LogP contribution in [-0.2, 0) is 26.2 Å². The van der Waals surface area contributed by atoms with Crippen molar-refractivity contribution < 1.29 is 18.0 Å². The number of hydrogen-bond acceptors (Lipinski definition) is 4. The zero-order valence-corrected chi connectivity index (χ0v) is 22.3. The van der Waals surface area contributed by atoms with Crippen LogP contribution in [0.3, 0.4) is 0 Å². The molecule has 1 atom stereocenters. The summed E-state index contributed by atoms with van der Waals surface area (Å²) in [4.78, 5) is 28.0. The van der Waals surface area contributed by atoms with Gasteiger partial charge < -0.3 is 10.2 Å². The van der Waals surface area contributed by atoms with Crippen LogP contribution >= 0.6 is 23.2 Å². The maximum absolute atomic E-state index is 13.6. The molecule has 0 radical (unpaired) electrons. The minimum Gasteiger partial charge on any atom is -0.352 e. The Hall–Kier alpha value is -2.29. The second kappa shape index (κ2) is 11.9. The number of hydrogen-bond donors (Lipinski definition) is 1. The molecule has 0 aliphatic carbocycles. The minimum atomic E-state index is -3.84. The third-order valence-electron chi connectivity index (χ3n) is 5.30. The first kappa shape index (κ1) is 28.0. The summed E-state index contributed by atoms with van der Waals surface area (Å²) in [6, 6.07) is 11.0. The highest BCUT2D eigenvalue weighted by molar-refractivity contribution is 7.92. The van der Waals surface area contributed by atoms with E-state index >= 15 is 0 Å². The lowest BCUT2D eigenvalue weighted by atomic mass is 10.1. The Bertz CT molecular complexity index is 1140. The molecule has 0 heterocycles. The van der Waals surface area contributed by atoms with E-state index in [0.717, 1.165) is 10.6 Å². The van der Waals surface area contributed by atoms with E-state index in [2.05, 4.69) is 5.32 Å². The van der Waals surface area contributed by atoms with Gasteiger partial charge >= 0.3 is 0 Å². The Morgan fingerprint density at radius 3 is 2.21 bits per heavy atom. The van der Waals surface area contributed by atoms with Crippen LogP contribution in [0, 0.1) is 6.92 Å². The molecular weight excluding hydrogens is 497 g/mol. The number of carbonyl (C=O) groups excluding carboxylic acids is 2. The topological polar surface area (TPSA) is 86.8 Å². The quantitative estimate of drug-likeness (QED) is 0.495. The fourth-order valence-electron chi connectivity index (χ4n) is 3.57. The number of benzene rings is 2. The Morgan fingerprint density at radius 1 is 1.03 bits per heavy atom. The average molecular weight is 529 g/mol. The van der Waals surface area contributed by atoms with Gasteiger partial charge in [-0.2, -0.15) is 0 Å². The lowest BCUT2D eigenvalue weighted by Gasteiger charge is -2.33. The molecule has 0 fully saturated rings. The van der Waals surface area contributed by atoms with Crippen LogP contribution in [0.1, 0.15) is 38.3 Å². The van der Waals surface area contributed by atoms with Gasteiger partial charge in [-0.25, -0.2) is 8.42 Å². The summed E-state index contributed by atoms with van der Waals surface area (Å²) in [5.74, 6) is -0.849. The molecule has 10 heteroatoms. The van der Waals surface area contributed by atoms with Gasteiger partial charge in [-0.05, 0) is 56.5 Å². The molecule has 0 saturated carbocycles. The SMILES string of the molecule is CC[C@H](C(=O)NC(C)C)N(Cc1ccccc1Cl)C(=O)CN(c1cccc(Cl)c1C)S(C)(=O)=O. The molecular formula is C24H31Cl2N3O4S. The number of anilines is 1. The van der Waals surface area contributed by atoms with Crippen molar-refractivity contribution in [2.45, 2.75) is 52.7 Å². The summed E-state index contributed by atoms with van der Waals surface area (Å²) in [5, 5.41) is 3.68. The molecule has 0 unspecified atom stereocenters. The van der Waals surface area contributed by atoms with Crippen LogP contribution in [0.4, 0.5) is 5.69 Å². The molecule has 0 aromatic heterocycles. The van der Waals surface area contributed by atoms with Crippen molar-refractivity contribution in [1.82, 2.24) is 10.2 Å². The van der Waals surface area contributed by atoms with E-state index in [1.807, 2.05) is 13.8 Å². The van der Waals surface area contributed by atoms with E-state index in [-0.39, 0.29) is 18.5 Å². The lowest BCUT2D eigenvalue weighted by Crippen LogP contribution is -2.53. The number of halogens is 2. The van der Waals surface area contributed by atoms with Crippen LogP contribution in [0.2, 0.25) is 10.0 Å². The maximum Gasteiger partial charge on any atom is 0.244 e. The molecule has 0 bridgehead atoms. The molecule has 1 N–H and O–H groups in total. The van der Waals surface area contributed by atoms with Crippen molar-refractivity contribution in [3.63, 3.8) is 0 Å². The number of sulfonamides is 1. The maximum atomic E-state index is 13.6. The van der Waals surface area contributed by atoms with Gasteiger partial charge in [0.05, 0.1) is 11.9 Å². The Morgan fingerprint density at radius 2 is 1.65 bits per heavy atom. The van der Waals surface area contributed by atoms with Crippen molar-refractivity contribution >= 4 is 50.7 Å². The highest BCUT2D eigenvalue weighted by atomic mass is 35.5. The third kappa shape index (κ3) is 7.10. The monoisotopic (exact) mass is 527 g/mol. The molecule has 2 rings (SSSR count). The molecule has 2 aromatic rings. The second-order valence-electron chi connectivity index (χ2n) is 8.35. The van der Waals surface area contributed by atoms with Crippen molar-refractivity contribution in [2.24, 2.45) is 0 Å². The smallest absolute Gasteiger partial charge is 0.244 e. The van der Waals surface area contributed by atoms with Crippen LogP contribution < -0.4 is 9.62 Å². The van der Waals surface area contributed by atoms with Gasteiger partial charge in [0.25, 0.3) is 0 Å². The number of amides is 2. The summed E-state index contributed by atoms with van der Waals surface area (Å²) in [5.41, 5.74) is 1.49. The van der Waals surface area contributed by atoms with Crippen molar-refractivity contribution in [3.05, 3.63) is 63.6 Å². The van der Waals surface area contributed by atoms with Gasteiger partial charge in [-0.1, -0.05) is 54.4 Å². The van der Waals surface area contributed by atoms with Crippen molar-refractivity contribution in [3.8, 4) is 0 Å². The summed E-state index contributed by atoms with van der Waals surface area (Å²) in [6.45, 7) is 6.71. The summed E-state index contributed by atoms with van der Waals surface area (Å²) >= 11 is 12.5. The van der Waals surface area contributed by atoms with E-state index in [9.17, 15) is 18.0 Å². The first-order chi connectivity index (χ1) is 15.9. The zero-order valence-electron chi connectivity index (χ0n) is 20.0. The van der Waals surface area contributed by atoms with Crippen molar-refractivity contribution in [2.75, 3.05) is 17.1 Å². The number of carbonyl (C=O) groups is 2. The molecule has 34 heavy (non-hydrogen) atoms. The van der Waals surface area contributed by atoms with Crippen LogP contribution in [0.5, 0.6) is 0 Å². The minimum absolute atomic E-state index is 0.0503. The normalized spacial score (nSPS) is 12.4. The van der Waals surface area contributed by atoms with Crippen LogP contribution in [-0.4, -0.2) is 50.0 Å². The van der Waals surface area contributed by atoms with Gasteiger partial charge in [-0.3, -0.25) is 13.9 Å². The van der Waals surface area contributed by atoms with E-state index in [1.54, 1.807) is 56.3 Å². The highest BCUT2D eigenvalue weighted by Gasteiger charge is 2.32. The van der Waals surface area contributed by atoms with Gasteiger partial charge in [0, 0.05) is 22.6 Å². The van der Waals surface area contributed by atoms with E-state index in [4.69, 9.17) is 23.2 Å². The summed E-state index contributed by atoms with van der Waals surface area (Å²) < 4.78 is 26.4. The largest absolute Gasteiger partial charge is 0.352 e. The number of nitrogens with zero attached hydrogens (tertiary/aromatic N) is 2. The molecule has 7 nitrogen and oxygen atoms in total. The average Bonchev–Trinajstić information content (AvgIpc) is 2.74. The van der Waals surface area contributed by atoms with Crippen LogP contribution in [0.25, 0.3) is 0 Å². The fraction of sp³-hybridized carbons (Fsp3) is 0.417. The summed E-state index contributed by atoms with van der Waals surface area (Å²) in [7, 11) is -3.84. The van der Waals surface area contributed by atoms with Gasteiger partial charge in [0.1, 0.15) is 12.6 Å². The molecule has 186 valence electrons. The van der Waals surface area contributed by atoms with Gasteiger partial charge in [0.15, 0.2) is 0 Å². The zero-order chi connectivity index (χ0) is 25.6. The first-order valence-electron chi connectivity index (χ1n) is 10.9. The molecule has 0 aliphatic rings. The predicted molar refractivity (Wildman–Crippen MR) is 138 cm³/mol. The standard InChI is InChI=1S/C24H31Cl2N3O4S/c1-6-21(24(31)27-16(2)3)28(14-18-10-7-8-11-20(18)26)23(30)15-29(34(5,32)33)22-13-9-12-19(25)17(22)4/h7-13,16,21H,6,14-15H2,1-5H3,(H,27,31)/t21-/m1/s1. The summed E-state index contributed by atoms with van der Waals surface area (Å²) in [6.07, 6.45) is 1.37. The lowest BCUT2D eigenvalue weighted by molar-refractivity contribution is -0.140. The van der Waals surface area contributed by atoms with Crippen molar-refractivity contribution in [1.29, 1.82) is 0 Å². The fourth-order valence-corrected chi connectivity index (χ4v) is 4.84. The Balaban J connectivity index is 2.50. The molecule has 2 amide bonds.